The molecule has 0 radical (unpaired) electrons. The Kier molecular flexibility index (Phi) is 7.29. The molecule has 2 aromatic carbocycles. The number of rotatable bonds is 8. The average molecular weight is 348 g/mol. The number of thiocarbonyl (C=S) groups is 1. The largest absolute Gasteiger partial charge is 0.494 e. The first kappa shape index (κ1) is 18.0. The van der Waals surface area contributed by atoms with Crippen molar-refractivity contribution < 1.29 is 13.9 Å². The first-order chi connectivity index (χ1) is 11.7. The summed E-state index contributed by atoms with van der Waals surface area (Å²) >= 11 is 5.19. The van der Waals surface area contributed by atoms with Crippen molar-refractivity contribution in [2.24, 2.45) is 0 Å². The quantitative estimate of drug-likeness (QED) is 0.566. The van der Waals surface area contributed by atoms with E-state index in [1.165, 1.54) is 12.1 Å². The topological polar surface area (TPSA) is 42.5 Å². The van der Waals surface area contributed by atoms with Gasteiger partial charge in [0.05, 0.1) is 13.2 Å². The highest BCUT2D eigenvalue weighted by Gasteiger charge is 1.99. The van der Waals surface area contributed by atoms with Crippen LogP contribution in [0.25, 0.3) is 0 Å². The van der Waals surface area contributed by atoms with Crippen molar-refractivity contribution in [3.63, 3.8) is 0 Å². The number of hydrogen-bond acceptors (Lipinski definition) is 3. The minimum Gasteiger partial charge on any atom is -0.494 e. The van der Waals surface area contributed by atoms with Gasteiger partial charge in [0.2, 0.25) is 0 Å². The second-order valence-electron chi connectivity index (χ2n) is 4.99. The van der Waals surface area contributed by atoms with Crippen molar-refractivity contribution in [1.82, 2.24) is 10.6 Å². The third-order valence-corrected chi connectivity index (χ3v) is 3.45. The van der Waals surface area contributed by atoms with Gasteiger partial charge < -0.3 is 20.1 Å². The Labute approximate surface area is 147 Å². The van der Waals surface area contributed by atoms with E-state index in [9.17, 15) is 4.39 Å². The maximum absolute atomic E-state index is 12.8. The van der Waals surface area contributed by atoms with Crippen molar-refractivity contribution in [2.75, 3.05) is 19.8 Å². The van der Waals surface area contributed by atoms with E-state index in [0.717, 1.165) is 17.1 Å². The molecule has 0 unspecified atom stereocenters. The number of halogens is 1. The number of benzene rings is 2. The molecule has 0 saturated carbocycles. The Balaban J connectivity index is 1.61. The molecule has 0 amide bonds. The highest BCUT2D eigenvalue weighted by atomic mass is 32.1. The summed E-state index contributed by atoms with van der Waals surface area (Å²) in [7, 11) is 0. The number of hydrogen-bond donors (Lipinski definition) is 2. The zero-order chi connectivity index (χ0) is 17.2. The molecule has 4 nitrogen and oxygen atoms in total. The summed E-state index contributed by atoms with van der Waals surface area (Å²) in [5.74, 6) is 1.37. The van der Waals surface area contributed by atoms with Crippen molar-refractivity contribution in [2.45, 2.75) is 13.5 Å². The van der Waals surface area contributed by atoms with Crippen LogP contribution in [0.3, 0.4) is 0 Å². The summed E-state index contributed by atoms with van der Waals surface area (Å²) in [4.78, 5) is 0. The van der Waals surface area contributed by atoms with E-state index >= 15 is 0 Å². The van der Waals surface area contributed by atoms with E-state index < -0.39 is 0 Å². The highest BCUT2D eigenvalue weighted by Crippen LogP contribution is 2.17. The Morgan fingerprint density at radius 2 is 1.58 bits per heavy atom. The summed E-state index contributed by atoms with van der Waals surface area (Å²) in [6.45, 7) is 4.22. The summed E-state index contributed by atoms with van der Waals surface area (Å²) in [5.41, 5.74) is 0.964. The van der Waals surface area contributed by atoms with E-state index in [-0.39, 0.29) is 5.82 Å². The predicted octanol–water partition coefficient (Wildman–Crippen LogP) is 3.27. The lowest BCUT2D eigenvalue weighted by molar-refractivity contribution is 0.318. The van der Waals surface area contributed by atoms with Crippen molar-refractivity contribution in [3.05, 3.63) is 59.9 Å². The van der Waals surface area contributed by atoms with Gasteiger partial charge in [-0.25, -0.2) is 4.39 Å². The molecule has 24 heavy (non-hydrogen) atoms. The molecule has 0 heterocycles. The molecular weight excluding hydrogens is 327 g/mol. The van der Waals surface area contributed by atoms with E-state index in [2.05, 4.69) is 10.6 Å². The summed E-state index contributed by atoms with van der Waals surface area (Å²) in [6.07, 6.45) is 0. The van der Waals surface area contributed by atoms with Crippen LogP contribution >= 0.6 is 12.2 Å². The third-order valence-electron chi connectivity index (χ3n) is 3.16. The summed E-state index contributed by atoms with van der Waals surface area (Å²) in [5, 5.41) is 6.66. The van der Waals surface area contributed by atoms with Crippen LogP contribution < -0.4 is 20.1 Å². The van der Waals surface area contributed by atoms with Crippen LogP contribution in [-0.4, -0.2) is 24.9 Å². The molecule has 0 aliphatic heterocycles. The van der Waals surface area contributed by atoms with Crippen LogP contribution in [0.1, 0.15) is 12.5 Å². The molecule has 0 atom stereocenters. The predicted molar refractivity (Wildman–Crippen MR) is 96.9 cm³/mol. The molecule has 2 rings (SSSR count). The minimum atomic E-state index is -0.245. The van der Waals surface area contributed by atoms with Crippen LogP contribution in [0, 0.1) is 5.82 Å². The maximum atomic E-state index is 12.8. The molecule has 0 bridgehead atoms. The number of nitrogens with one attached hydrogen (secondary N) is 2. The van der Waals surface area contributed by atoms with Gasteiger partial charge >= 0.3 is 0 Å². The van der Waals surface area contributed by atoms with E-state index in [0.29, 0.717) is 31.4 Å². The molecule has 0 aliphatic rings. The van der Waals surface area contributed by atoms with Gasteiger partial charge in [-0.3, -0.25) is 0 Å². The maximum Gasteiger partial charge on any atom is 0.166 e. The Morgan fingerprint density at radius 3 is 2.21 bits per heavy atom. The first-order valence-electron chi connectivity index (χ1n) is 7.79. The lowest BCUT2D eigenvalue weighted by atomic mass is 10.2. The molecule has 2 aromatic rings. The molecule has 6 heteroatoms. The monoisotopic (exact) mass is 348 g/mol. The second-order valence-corrected chi connectivity index (χ2v) is 5.40. The fourth-order valence-electron chi connectivity index (χ4n) is 1.98. The summed E-state index contributed by atoms with van der Waals surface area (Å²) < 4.78 is 23.8. The van der Waals surface area contributed by atoms with Gasteiger partial charge in [-0.05, 0) is 61.1 Å². The van der Waals surface area contributed by atoms with Crippen LogP contribution in [0.2, 0.25) is 0 Å². The lowest BCUT2D eigenvalue weighted by Gasteiger charge is -2.12. The standard InChI is InChI=1S/C18H21FN2O2S/c1-2-22-16-7-9-17(10-8-16)23-12-11-20-18(24)21-13-14-3-5-15(19)6-4-14/h3-10H,2,11-13H2,1H3,(H2,20,21,24). The molecule has 128 valence electrons. The van der Waals surface area contributed by atoms with Crippen molar-refractivity contribution in [3.8, 4) is 11.5 Å². The van der Waals surface area contributed by atoms with Gasteiger partial charge in [0.1, 0.15) is 23.9 Å². The van der Waals surface area contributed by atoms with Gasteiger partial charge in [-0.1, -0.05) is 12.1 Å². The Hall–Kier alpha value is -2.34. The third kappa shape index (κ3) is 6.42. The molecule has 2 N–H and O–H groups in total. The Morgan fingerprint density at radius 1 is 0.958 bits per heavy atom. The van der Waals surface area contributed by atoms with Crippen LogP contribution in [-0.2, 0) is 6.54 Å². The summed E-state index contributed by atoms with van der Waals surface area (Å²) in [6, 6.07) is 13.8. The smallest absolute Gasteiger partial charge is 0.166 e. The van der Waals surface area contributed by atoms with Crippen LogP contribution in [0.15, 0.2) is 48.5 Å². The van der Waals surface area contributed by atoms with Gasteiger partial charge in [0.25, 0.3) is 0 Å². The molecule has 0 aliphatic carbocycles. The van der Waals surface area contributed by atoms with Crippen molar-refractivity contribution >= 4 is 17.3 Å². The van der Waals surface area contributed by atoms with Crippen molar-refractivity contribution in [1.29, 1.82) is 0 Å². The fraction of sp³-hybridized carbons (Fsp3) is 0.278. The van der Waals surface area contributed by atoms with E-state index in [1.807, 2.05) is 31.2 Å². The molecule has 0 fully saturated rings. The SMILES string of the molecule is CCOc1ccc(OCCNC(=S)NCc2ccc(F)cc2)cc1. The zero-order valence-corrected chi connectivity index (χ0v) is 14.4. The van der Waals surface area contributed by atoms with Crippen LogP contribution in [0.4, 0.5) is 4.39 Å². The Bertz CT molecular complexity index is 632. The average Bonchev–Trinajstić information content (AvgIpc) is 2.60. The normalized spacial score (nSPS) is 10.1. The highest BCUT2D eigenvalue weighted by molar-refractivity contribution is 7.80. The first-order valence-corrected chi connectivity index (χ1v) is 8.20. The minimum absolute atomic E-state index is 0.245. The van der Waals surface area contributed by atoms with Crippen LogP contribution in [0.5, 0.6) is 11.5 Å². The molecule has 0 aromatic heterocycles. The fourth-order valence-corrected chi connectivity index (χ4v) is 2.15. The van der Waals surface area contributed by atoms with E-state index in [1.54, 1.807) is 12.1 Å². The van der Waals surface area contributed by atoms with Gasteiger partial charge in [0, 0.05) is 6.54 Å². The zero-order valence-electron chi connectivity index (χ0n) is 13.5. The van der Waals surface area contributed by atoms with Gasteiger partial charge in [0.15, 0.2) is 5.11 Å². The molecule has 0 spiro atoms. The lowest BCUT2D eigenvalue weighted by Crippen LogP contribution is -2.37. The van der Waals surface area contributed by atoms with Gasteiger partial charge in [-0.15, -0.1) is 0 Å². The molecular formula is C18H21FN2O2S. The van der Waals surface area contributed by atoms with E-state index in [4.69, 9.17) is 21.7 Å². The molecule has 0 saturated heterocycles. The number of ether oxygens (including phenoxy) is 2. The second kappa shape index (κ2) is 9.72. The van der Waals surface area contributed by atoms with Gasteiger partial charge in [-0.2, -0.15) is 0 Å².